The van der Waals surface area contributed by atoms with E-state index in [4.69, 9.17) is 18.9 Å². The minimum Gasteiger partial charge on any atom is -0.496 e. The van der Waals surface area contributed by atoms with Crippen molar-refractivity contribution >= 4 is 24.2 Å². The van der Waals surface area contributed by atoms with Crippen LogP contribution >= 0.6 is 0 Å². The van der Waals surface area contributed by atoms with Gasteiger partial charge in [-0.15, -0.1) is 0 Å². The third kappa shape index (κ3) is 9.00. The smallest absolute Gasteiger partial charge is 0.496 e. The summed E-state index contributed by atoms with van der Waals surface area (Å²) in [4.78, 5) is 63.7. The summed E-state index contributed by atoms with van der Waals surface area (Å²) in [6, 6.07) is 12.3. The van der Waals surface area contributed by atoms with Crippen molar-refractivity contribution in [3.8, 4) is 11.5 Å². The molecule has 0 bridgehead atoms. The quantitative estimate of drug-likeness (QED) is 0.232. The summed E-state index contributed by atoms with van der Waals surface area (Å²) in [6.07, 6.45) is -2.66. The molecule has 0 aromatic heterocycles. The third-order valence-corrected chi connectivity index (χ3v) is 4.05. The van der Waals surface area contributed by atoms with E-state index in [1.165, 1.54) is 38.5 Å². The SMILES string of the molecule is COc1ccccc1C(=O)OOOC(=O)OCC(C)COC(=O)OOOC(=O)c1ccccc1OC. The number of hydrogen-bond acceptors (Lipinski definition) is 14. The van der Waals surface area contributed by atoms with Gasteiger partial charge in [-0.1, -0.05) is 31.2 Å². The highest BCUT2D eigenvalue weighted by molar-refractivity contribution is 5.92. The van der Waals surface area contributed by atoms with Crippen LogP contribution < -0.4 is 9.47 Å². The van der Waals surface area contributed by atoms with Crippen LogP contribution in [0.15, 0.2) is 48.5 Å². The zero-order chi connectivity index (χ0) is 26.3. The minimum absolute atomic E-state index is 0.0353. The molecule has 0 spiro atoms. The van der Waals surface area contributed by atoms with E-state index in [1.807, 2.05) is 0 Å². The molecule has 0 aliphatic heterocycles. The molecule has 14 heteroatoms. The molecule has 0 saturated carbocycles. The van der Waals surface area contributed by atoms with Gasteiger partial charge in [0.2, 0.25) is 0 Å². The highest BCUT2D eigenvalue weighted by Gasteiger charge is 2.19. The third-order valence-electron chi connectivity index (χ3n) is 4.05. The first-order valence-corrected chi connectivity index (χ1v) is 10.1. The molecule has 0 heterocycles. The molecule has 0 aliphatic rings. The monoisotopic (exact) mass is 510 g/mol. The molecule has 194 valence electrons. The molecular formula is C22H22O14. The van der Waals surface area contributed by atoms with Gasteiger partial charge in [0.1, 0.15) is 35.8 Å². The normalized spacial score (nSPS) is 10.1. The maximum atomic E-state index is 11.9. The van der Waals surface area contributed by atoms with E-state index in [-0.39, 0.29) is 35.8 Å². The summed E-state index contributed by atoms with van der Waals surface area (Å²) in [6.45, 7) is 0.991. The van der Waals surface area contributed by atoms with Crippen LogP contribution in [0.2, 0.25) is 0 Å². The highest BCUT2D eigenvalue weighted by atomic mass is 17.5. The van der Waals surface area contributed by atoms with Crippen molar-refractivity contribution in [1.29, 1.82) is 0 Å². The van der Waals surface area contributed by atoms with Gasteiger partial charge in [0.15, 0.2) is 0 Å². The van der Waals surface area contributed by atoms with Crippen molar-refractivity contribution in [3.63, 3.8) is 0 Å². The van der Waals surface area contributed by atoms with E-state index in [0.29, 0.717) is 0 Å². The summed E-state index contributed by atoms with van der Waals surface area (Å²) in [5.74, 6) is -2.04. The number of carbonyl (C=O) groups excluding carboxylic acids is 4. The second-order valence-electron chi connectivity index (χ2n) is 6.67. The summed E-state index contributed by atoms with van der Waals surface area (Å²) in [5.41, 5.74) is 0.0707. The van der Waals surface area contributed by atoms with Crippen LogP contribution in [-0.2, 0) is 39.1 Å². The van der Waals surface area contributed by atoms with Crippen molar-refractivity contribution in [2.45, 2.75) is 6.92 Å². The number of benzene rings is 2. The first-order chi connectivity index (χ1) is 17.3. The van der Waals surface area contributed by atoms with E-state index in [2.05, 4.69) is 29.6 Å². The van der Waals surface area contributed by atoms with Crippen LogP contribution in [0.25, 0.3) is 0 Å². The Morgan fingerprint density at radius 3 is 1.42 bits per heavy atom. The maximum absolute atomic E-state index is 11.9. The molecular weight excluding hydrogens is 488 g/mol. The van der Waals surface area contributed by atoms with Gasteiger partial charge in [-0.3, -0.25) is 9.78 Å². The van der Waals surface area contributed by atoms with Gasteiger partial charge in [0, 0.05) is 5.92 Å². The average molecular weight is 510 g/mol. The second-order valence-corrected chi connectivity index (χ2v) is 6.67. The lowest BCUT2D eigenvalue weighted by molar-refractivity contribution is -0.452. The van der Waals surface area contributed by atoms with E-state index >= 15 is 0 Å². The Balaban J connectivity index is 1.58. The van der Waals surface area contributed by atoms with Crippen LogP contribution in [-0.4, -0.2) is 51.7 Å². The van der Waals surface area contributed by atoms with Crippen LogP contribution in [0.1, 0.15) is 27.6 Å². The predicted octanol–water partition coefficient (Wildman–Crippen LogP) is 3.35. The lowest BCUT2D eigenvalue weighted by Crippen LogP contribution is -2.20. The topological polar surface area (TPSA) is 161 Å². The van der Waals surface area contributed by atoms with Crippen LogP contribution in [0.3, 0.4) is 0 Å². The Labute approximate surface area is 204 Å². The molecule has 0 fully saturated rings. The summed E-state index contributed by atoms with van der Waals surface area (Å²) < 4.78 is 19.4. The summed E-state index contributed by atoms with van der Waals surface area (Å²) in [5, 5.41) is 8.20. The van der Waals surface area contributed by atoms with Crippen molar-refractivity contribution in [1.82, 2.24) is 0 Å². The summed E-state index contributed by atoms with van der Waals surface area (Å²) >= 11 is 0. The number of rotatable bonds is 12. The zero-order valence-electron chi connectivity index (χ0n) is 19.3. The molecule has 0 amide bonds. The van der Waals surface area contributed by atoms with E-state index in [0.717, 1.165) is 0 Å². The molecule has 0 atom stereocenters. The molecule has 36 heavy (non-hydrogen) atoms. The van der Waals surface area contributed by atoms with Crippen LogP contribution in [0, 0.1) is 5.92 Å². The lowest BCUT2D eigenvalue weighted by Gasteiger charge is -2.11. The van der Waals surface area contributed by atoms with E-state index in [1.54, 1.807) is 31.2 Å². The molecule has 0 radical (unpaired) electrons. The molecule has 0 saturated heterocycles. The Morgan fingerprint density at radius 1 is 0.639 bits per heavy atom. The number of carbonyl (C=O) groups is 4. The first kappa shape index (κ1) is 27.7. The Hall–Kier alpha value is -4.56. The molecule has 14 nitrogen and oxygen atoms in total. The van der Waals surface area contributed by atoms with Gasteiger partial charge in [0.05, 0.1) is 24.3 Å². The number of methoxy groups -OCH3 is 2. The molecule has 2 aromatic rings. The first-order valence-electron chi connectivity index (χ1n) is 10.1. The van der Waals surface area contributed by atoms with Crippen molar-refractivity contribution in [2.75, 3.05) is 27.4 Å². The molecule has 2 aromatic carbocycles. The molecule has 0 N–H and O–H groups in total. The van der Waals surface area contributed by atoms with Crippen molar-refractivity contribution in [3.05, 3.63) is 59.7 Å². The maximum Gasteiger partial charge on any atom is 0.543 e. The number of ether oxygens (including phenoxy) is 4. The van der Waals surface area contributed by atoms with Crippen LogP contribution in [0.4, 0.5) is 9.59 Å². The Morgan fingerprint density at radius 2 is 1.03 bits per heavy atom. The molecule has 0 unspecified atom stereocenters. The van der Waals surface area contributed by atoms with Gasteiger partial charge >= 0.3 is 24.2 Å². The van der Waals surface area contributed by atoms with E-state index < -0.39 is 30.2 Å². The number of hydrogen-bond donors (Lipinski definition) is 0. The Bertz CT molecular complexity index is 955. The Kier molecular flexibility index (Phi) is 11.3. The molecule has 0 aliphatic carbocycles. The van der Waals surface area contributed by atoms with Crippen molar-refractivity contribution < 1.29 is 67.8 Å². The highest BCUT2D eigenvalue weighted by Crippen LogP contribution is 2.19. The van der Waals surface area contributed by atoms with E-state index in [9.17, 15) is 19.2 Å². The van der Waals surface area contributed by atoms with Gasteiger partial charge < -0.3 is 18.9 Å². The van der Waals surface area contributed by atoms with Gasteiger partial charge in [-0.25, -0.2) is 29.0 Å². The fourth-order valence-electron chi connectivity index (χ4n) is 2.38. The number of para-hydroxylation sites is 2. The fourth-order valence-corrected chi connectivity index (χ4v) is 2.38. The average Bonchev–Trinajstić information content (AvgIpc) is 2.90. The largest absolute Gasteiger partial charge is 0.543 e. The molecule has 2 rings (SSSR count). The lowest BCUT2D eigenvalue weighted by atomic mass is 10.2. The fraction of sp³-hybridized carbons (Fsp3) is 0.273. The predicted molar refractivity (Wildman–Crippen MR) is 113 cm³/mol. The van der Waals surface area contributed by atoms with Gasteiger partial charge in [-0.2, -0.15) is 0 Å². The summed E-state index contributed by atoms with van der Waals surface area (Å²) in [7, 11) is 2.72. The van der Waals surface area contributed by atoms with Crippen molar-refractivity contribution in [2.24, 2.45) is 5.92 Å². The standard InChI is InChI=1S/C22H22O14/c1-14(12-29-21(25)33-35-31-19(23)15-8-4-6-10-17(15)27-2)13-30-22(26)34-36-32-20(24)16-9-5-7-11-18(16)28-3/h4-11,14H,12-13H2,1-3H3. The van der Waals surface area contributed by atoms with Crippen LogP contribution in [0.5, 0.6) is 11.5 Å². The van der Waals surface area contributed by atoms with Gasteiger partial charge in [0.25, 0.3) is 0 Å². The van der Waals surface area contributed by atoms with Gasteiger partial charge in [-0.05, 0) is 24.3 Å². The minimum atomic E-state index is -1.33. The zero-order valence-corrected chi connectivity index (χ0v) is 19.3. The second kappa shape index (κ2) is 14.6.